The van der Waals surface area contributed by atoms with Crippen LogP contribution in [0.5, 0.6) is 0 Å². The first-order valence-corrected chi connectivity index (χ1v) is 6.90. The number of rotatable bonds is 4. The lowest BCUT2D eigenvalue weighted by Crippen LogP contribution is -2.43. The van der Waals surface area contributed by atoms with Crippen molar-refractivity contribution in [2.45, 2.75) is 46.2 Å². The Morgan fingerprint density at radius 3 is 2.61 bits per heavy atom. The Morgan fingerprint density at radius 2 is 2.00 bits per heavy atom. The van der Waals surface area contributed by atoms with E-state index in [0.717, 1.165) is 6.42 Å². The summed E-state index contributed by atoms with van der Waals surface area (Å²) in [4.78, 5) is 0. The third-order valence-electron chi connectivity index (χ3n) is 4.18. The lowest BCUT2D eigenvalue weighted by atomic mass is 9.84. The summed E-state index contributed by atoms with van der Waals surface area (Å²) in [6.07, 6.45) is 1.11. The predicted molar refractivity (Wildman–Crippen MR) is 75.5 cm³/mol. The molecule has 1 aromatic carbocycles. The Labute approximate surface area is 110 Å². The number of aliphatic hydroxyl groups is 1. The second-order valence-corrected chi connectivity index (χ2v) is 6.50. The molecule has 0 bridgehead atoms. The monoisotopic (exact) mass is 247 g/mol. The molecule has 0 fully saturated rings. The van der Waals surface area contributed by atoms with E-state index in [2.05, 4.69) is 57.3 Å². The summed E-state index contributed by atoms with van der Waals surface area (Å²) >= 11 is 0. The lowest BCUT2D eigenvalue weighted by Gasteiger charge is -2.33. The van der Waals surface area contributed by atoms with Gasteiger partial charge in [0.1, 0.15) is 0 Å². The second-order valence-electron chi connectivity index (χ2n) is 6.50. The standard InChI is InChI=1S/C16H25NO/c1-11(2)14(10-18)17-15-13-8-6-5-7-12(13)9-16(15,3)4/h5-8,11,14-15,17-18H,9-10H2,1-4H3/t14-,15?/m1/s1. The van der Waals surface area contributed by atoms with Crippen LogP contribution >= 0.6 is 0 Å². The number of hydrogen-bond acceptors (Lipinski definition) is 2. The van der Waals surface area contributed by atoms with E-state index in [0.29, 0.717) is 12.0 Å². The lowest BCUT2D eigenvalue weighted by molar-refractivity contribution is 0.165. The molecule has 2 heteroatoms. The van der Waals surface area contributed by atoms with Gasteiger partial charge in [0.05, 0.1) is 6.61 Å². The molecule has 0 aliphatic heterocycles. The molecule has 100 valence electrons. The van der Waals surface area contributed by atoms with Crippen LogP contribution in [0.3, 0.4) is 0 Å². The largest absolute Gasteiger partial charge is 0.395 e. The van der Waals surface area contributed by atoms with E-state index in [4.69, 9.17) is 0 Å². The summed E-state index contributed by atoms with van der Waals surface area (Å²) in [5.74, 6) is 0.443. The van der Waals surface area contributed by atoms with Gasteiger partial charge in [0.25, 0.3) is 0 Å². The second kappa shape index (κ2) is 5.02. The summed E-state index contributed by atoms with van der Waals surface area (Å²) in [5.41, 5.74) is 3.06. The van der Waals surface area contributed by atoms with Gasteiger partial charge in [0.15, 0.2) is 0 Å². The molecule has 0 heterocycles. The number of nitrogens with one attached hydrogen (secondary N) is 1. The van der Waals surface area contributed by atoms with Crippen LogP contribution in [0.2, 0.25) is 0 Å². The predicted octanol–water partition coefficient (Wildman–Crippen LogP) is 2.92. The molecule has 0 radical (unpaired) electrons. The minimum Gasteiger partial charge on any atom is -0.395 e. The number of aliphatic hydroxyl groups excluding tert-OH is 1. The van der Waals surface area contributed by atoms with E-state index in [9.17, 15) is 5.11 Å². The van der Waals surface area contributed by atoms with Crippen molar-refractivity contribution in [2.24, 2.45) is 11.3 Å². The summed E-state index contributed by atoms with van der Waals surface area (Å²) in [5, 5.41) is 13.2. The Balaban J connectivity index is 2.25. The Kier molecular flexibility index (Phi) is 3.79. The maximum absolute atomic E-state index is 9.51. The molecule has 1 aromatic rings. The summed E-state index contributed by atoms with van der Waals surface area (Å²) in [7, 11) is 0. The third kappa shape index (κ3) is 2.45. The molecule has 2 nitrogen and oxygen atoms in total. The van der Waals surface area contributed by atoms with Crippen LogP contribution in [-0.2, 0) is 6.42 Å². The zero-order valence-electron chi connectivity index (χ0n) is 11.9. The normalized spacial score (nSPS) is 23.1. The van der Waals surface area contributed by atoms with Gasteiger partial charge in [-0.3, -0.25) is 0 Å². The van der Waals surface area contributed by atoms with Crippen molar-refractivity contribution < 1.29 is 5.11 Å². The summed E-state index contributed by atoms with van der Waals surface area (Å²) in [6.45, 7) is 9.12. The first kappa shape index (κ1) is 13.6. The van der Waals surface area contributed by atoms with Crippen LogP contribution in [0.15, 0.2) is 24.3 Å². The van der Waals surface area contributed by atoms with Gasteiger partial charge in [0, 0.05) is 12.1 Å². The summed E-state index contributed by atoms with van der Waals surface area (Å²) < 4.78 is 0. The van der Waals surface area contributed by atoms with Crippen molar-refractivity contribution in [3.05, 3.63) is 35.4 Å². The van der Waals surface area contributed by atoms with Gasteiger partial charge in [0.2, 0.25) is 0 Å². The molecule has 0 spiro atoms. The zero-order chi connectivity index (χ0) is 13.3. The minimum absolute atomic E-state index is 0.167. The van der Waals surface area contributed by atoms with E-state index in [1.54, 1.807) is 0 Å². The fourth-order valence-corrected chi connectivity index (χ4v) is 2.98. The molecule has 0 saturated carbocycles. The molecule has 1 unspecified atom stereocenters. The SMILES string of the molecule is CC(C)[C@@H](CO)NC1c2ccccc2CC1(C)C. The van der Waals surface area contributed by atoms with E-state index >= 15 is 0 Å². The smallest absolute Gasteiger partial charge is 0.0587 e. The molecule has 0 aromatic heterocycles. The van der Waals surface area contributed by atoms with Crippen molar-refractivity contribution in [3.63, 3.8) is 0 Å². The molecular weight excluding hydrogens is 222 g/mol. The van der Waals surface area contributed by atoms with Crippen LogP contribution in [-0.4, -0.2) is 17.8 Å². The maximum atomic E-state index is 9.51. The van der Waals surface area contributed by atoms with Crippen molar-refractivity contribution >= 4 is 0 Å². The number of fused-ring (bicyclic) bond motifs is 1. The molecule has 2 rings (SSSR count). The molecule has 0 amide bonds. The quantitative estimate of drug-likeness (QED) is 0.857. The van der Waals surface area contributed by atoms with E-state index in [1.807, 2.05) is 0 Å². The van der Waals surface area contributed by atoms with E-state index in [1.165, 1.54) is 11.1 Å². The van der Waals surface area contributed by atoms with Crippen LogP contribution in [0.4, 0.5) is 0 Å². The first-order valence-electron chi connectivity index (χ1n) is 6.90. The van der Waals surface area contributed by atoms with Crippen LogP contribution in [0.1, 0.15) is 44.9 Å². The highest BCUT2D eigenvalue weighted by molar-refractivity contribution is 5.37. The molecule has 1 aliphatic rings. The highest BCUT2D eigenvalue weighted by Gasteiger charge is 2.39. The van der Waals surface area contributed by atoms with E-state index in [-0.39, 0.29) is 18.1 Å². The molecule has 1 aliphatic carbocycles. The Morgan fingerprint density at radius 1 is 1.33 bits per heavy atom. The Bertz CT molecular complexity index is 411. The molecule has 2 atom stereocenters. The van der Waals surface area contributed by atoms with Crippen molar-refractivity contribution in [1.82, 2.24) is 5.32 Å². The van der Waals surface area contributed by atoms with Gasteiger partial charge < -0.3 is 10.4 Å². The van der Waals surface area contributed by atoms with Crippen molar-refractivity contribution in [3.8, 4) is 0 Å². The highest BCUT2D eigenvalue weighted by atomic mass is 16.3. The van der Waals surface area contributed by atoms with Crippen molar-refractivity contribution in [1.29, 1.82) is 0 Å². The van der Waals surface area contributed by atoms with Crippen LogP contribution < -0.4 is 5.32 Å². The van der Waals surface area contributed by atoms with Crippen LogP contribution in [0, 0.1) is 11.3 Å². The van der Waals surface area contributed by atoms with E-state index < -0.39 is 0 Å². The Hall–Kier alpha value is -0.860. The zero-order valence-corrected chi connectivity index (χ0v) is 11.9. The molecule has 2 N–H and O–H groups in total. The average Bonchev–Trinajstić information content (AvgIpc) is 2.55. The topological polar surface area (TPSA) is 32.3 Å². The number of benzene rings is 1. The third-order valence-corrected chi connectivity index (χ3v) is 4.18. The van der Waals surface area contributed by atoms with Crippen molar-refractivity contribution in [2.75, 3.05) is 6.61 Å². The van der Waals surface area contributed by atoms with Gasteiger partial charge in [-0.2, -0.15) is 0 Å². The van der Waals surface area contributed by atoms with Gasteiger partial charge in [-0.05, 0) is 28.9 Å². The fourth-order valence-electron chi connectivity index (χ4n) is 2.98. The first-order chi connectivity index (χ1) is 8.45. The van der Waals surface area contributed by atoms with Gasteiger partial charge in [-0.15, -0.1) is 0 Å². The van der Waals surface area contributed by atoms with Gasteiger partial charge >= 0.3 is 0 Å². The van der Waals surface area contributed by atoms with Crippen LogP contribution in [0.25, 0.3) is 0 Å². The fraction of sp³-hybridized carbons (Fsp3) is 0.625. The molecule has 0 saturated heterocycles. The van der Waals surface area contributed by atoms with Gasteiger partial charge in [-0.25, -0.2) is 0 Å². The average molecular weight is 247 g/mol. The number of hydrogen-bond donors (Lipinski definition) is 2. The summed E-state index contributed by atoms with van der Waals surface area (Å²) in [6, 6.07) is 9.17. The molecular formula is C16H25NO. The van der Waals surface area contributed by atoms with Gasteiger partial charge in [-0.1, -0.05) is 52.0 Å². The molecule has 18 heavy (non-hydrogen) atoms. The highest BCUT2D eigenvalue weighted by Crippen LogP contribution is 2.45. The maximum Gasteiger partial charge on any atom is 0.0587 e. The minimum atomic E-state index is 0.167.